The van der Waals surface area contributed by atoms with Gasteiger partial charge in [0.2, 0.25) is 11.7 Å². The Morgan fingerprint density at radius 3 is 2.31 bits per heavy atom. The molecule has 0 radical (unpaired) electrons. The number of rotatable bonds is 9. The van der Waals surface area contributed by atoms with Gasteiger partial charge in [0.05, 0.1) is 16.6 Å². The Kier molecular flexibility index (Phi) is 9.60. The molecule has 0 bridgehead atoms. The molecule has 218 valence electrons. The lowest BCUT2D eigenvalue weighted by Crippen LogP contribution is -2.54. The zero-order valence-corrected chi connectivity index (χ0v) is 24.9. The lowest BCUT2D eigenvalue weighted by Gasteiger charge is -2.28. The zero-order valence-electron chi connectivity index (χ0n) is 23.4. The Labute approximate surface area is 255 Å². The number of ketones is 1. The summed E-state index contributed by atoms with van der Waals surface area (Å²) in [5.74, 6) is -1.40. The van der Waals surface area contributed by atoms with Crippen LogP contribution in [0.25, 0.3) is 22.2 Å². The quantitative estimate of drug-likeness (QED) is 0.151. The topological polar surface area (TPSA) is 101 Å². The van der Waals surface area contributed by atoms with Crippen LogP contribution < -0.4 is 10.6 Å². The number of oxazole rings is 1. The van der Waals surface area contributed by atoms with Crippen LogP contribution in [0.15, 0.2) is 71.1 Å². The van der Waals surface area contributed by atoms with Crippen molar-refractivity contribution in [3.05, 3.63) is 88.2 Å². The molecular formula is C33H33Cl2N3O4. The Hall–Kier alpha value is -3.68. The van der Waals surface area contributed by atoms with E-state index in [1.54, 1.807) is 42.5 Å². The Morgan fingerprint density at radius 2 is 1.62 bits per heavy atom. The summed E-state index contributed by atoms with van der Waals surface area (Å²) in [7, 11) is 0. The number of carbonyl (C=O) groups excluding carboxylic acids is 3. The van der Waals surface area contributed by atoms with Crippen LogP contribution in [0, 0.1) is 5.92 Å². The van der Waals surface area contributed by atoms with Crippen LogP contribution in [0.5, 0.6) is 0 Å². The summed E-state index contributed by atoms with van der Waals surface area (Å²) in [5, 5.41) is 6.67. The van der Waals surface area contributed by atoms with Crippen molar-refractivity contribution in [2.24, 2.45) is 5.92 Å². The molecule has 1 aromatic heterocycles. The average Bonchev–Trinajstić information content (AvgIpc) is 3.25. The van der Waals surface area contributed by atoms with E-state index in [1.165, 1.54) is 0 Å². The van der Waals surface area contributed by atoms with Gasteiger partial charge >= 0.3 is 0 Å². The second-order valence-electron chi connectivity index (χ2n) is 10.7. The molecule has 7 nitrogen and oxygen atoms in total. The number of amides is 2. The fourth-order valence-corrected chi connectivity index (χ4v) is 6.08. The Bertz CT molecular complexity index is 1560. The number of Topliss-reactive ketones (excluding diaryl/α,β-unsaturated/α-hetero) is 1. The molecule has 9 heteroatoms. The van der Waals surface area contributed by atoms with E-state index in [-0.39, 0.29) is 22.4 Å². The van der Waals surface area contributed by atoms with Crippen molar-refractivity contribution in [1.29, 1.82) is 0 Å². The number of hydrogen-bond donors (Lipinski definition) is 2. The molecule has 1 unspecified atom stereocenters. The van der Waals surface area contributed by atoms with Crippen molar-refractivity contribution in [3.63, 3.8) is 0 Å². The van der Waals surface area contributed by atoms with E-state index in [1.807, 2.05) is 31.2 Å². The maximum Gasteiger partial charge on any atom is 0.266 e. The van der Waals surface area contributed by atoms with Gasteiger partial charge in [0.1, 0.15) is 11.6 Å². The molecular weight excluding hydrogens is 573 g/mol. The van der Waals surface area contributed by atoms with Gasteiger partial charge in [-0.2, -0.15) is 0 Å². The fraction of sp³-hybridized carbons (Fsp3) is 0.333. The molecule has 2 N–H and O–H groups in total. The lowest BCUT2D eigenvalue weighted by molar-refractivity contribution is -0.124. The molecule has 0 saturated heterocycles. The third-order valence-corrected chi connectivity index (χ3v) is 8.53. The minimum absolute atomic E-state index is 0.0520. The summed E-state index contributed by atoms with van der Waals surface area (Å²) < 4.78 is 5.67. The van der Waals surface area contributed by atoms with Gasteiger partial charge in [-0.3, -0.25) is 14.4 Å². The number of halogens is 2. The second kappa shape index (κ2) is 13.5. The minimum Gasteiger partial charge on any atom is -0.434 e. The Balaban J connectivity index is 1.36. The molecule has 3 aromatic carbocycles. The van der Waals surface area contributed by atoms with Crippen molar-refractivity contribution in [2.75, 3.05) is 0 Å². The van der Waals surface area contributed by atoms with Gasteiger partial charge in [0, 0.05) is 10.6 Å². The number of hydrogen-bond acceptors (Lipinski definition) is 5. The van der Waals surface area contributed by atoms with E-state index in [4.69, 9.17) is 27.6 Å². The van der Waals surface area contributed by atoms with Gasteiger partial charge in [0.15, 0.2) is 5.58 Å². The highest BCUT2D eigenvalue weighted by atomic mass is 35.5. The summed E-state index contributed by atoms with van der Waals surface area (Å²) in [6.45, 7) is 1.81. The van der Waals surface area contributed by atoms with Crippen LogP contribution >= 0.6 is 23.2 Å². The van der Waals surface area contributed by atoms with Crippen LogP contribution in [0.1, 0.15) is 72.9 Å². The van der Waals surface area contributed by atoms with E-state index in [0.29, 0.717) is 22.5 Å². The van der Waals surface area contributed by atoms with E-state index in [2.05, 4.69) is 15.6 Å². The smallest absolute Gasteiger partial charge is 0.266 e. The highest BCUT2D eigenvalue weighted by Crippen LogP contribution is 2.31. The molecule has 1 heterocycles. The van der Waals surface area contributed by atoms with E-state index < -0.39 is 29.7 Å². The van der Waals surface area contributed by atoms with Gasteiger partial charge < -0.3 is 15.1 Å². The van der Waals surface area contributed by atoms with Crippen molar-refractivity contribution < 1.29 is 18.8 Å². The Morgan fingerprint density at radius 1 is 0.905 bits per heavy atom. The van der Waals surface area contributed by atoms with Crippen molar-refractivity contribution in [1.82, 2.24) is 15.6 Å². The molecule has 4 aromatic rings. The number of nitrogens with one attached hydrogen (secondary N) is 2. The van der Waals surface area contributed by atoms with Crippen molar-refractivity contribution in [3.8, 4) is 11.1 Å². The predicted octanol–water partition coefficient (Wildman–Crippen LogP) is 7.65. The van der Waals surface area contributed by atoms with E-state index >= 15 is 0 Å². The first-order chi connectivity index (χ1) is 20.4. The SMILES string of the molecule is CC[C@H](NC(=O)C(NC(=O)c1ccc(-c2ccccc2Cl)cc1Cl)C1CCCCCC1)C(=O)c1nc2ccccc2o1. The van der Waals surface area contributed by atoms with E-state index in [9.17, 15) is 14.4 Å². The summed E-state index contributed by atoms with van der Waals surface area (Å²) in [6.07, 6.45) is 6.04. The molecule has 1 aliphatic carbocycles. The normalized spacial score (nSPS) is 15.5. The first-order valence-corrected chi connectivity index (χ1v) is 15.2. The largest absolute Gasteiger partial charge is 0.434 e. The first-order valence-electron chi connectivity index (χ1n) is 14.4. The number of aromatic nitrogens is 1. The molecule has 2 amide bonds. The lowest BCUT2D eigenvalue weighted by atomic mass is 9.90. The third kappa shape index (κ3) is 6.69. The standard InChI is InChI=1S/C33H33Cl2N3O4/c1-2-26(30(39)33-37-27-15-9-10-16-28(27)42-33)36-32(41)29(20-11-5-3-4-6-12-20)38-31(40)23-18-17-21(19-25(23)35)22-13-7-8-14-24(22)34/h7-10,13-20,26,29H,2-6,11-12H2,1H3,(H,36,41)(H,38,40)/t26-,29?/m0/s1. The second-order valence-corrected chi connectivity index (χ2v) is 11.5. The number of carbonyl (C=O) groups is 3. The molecule has 0 aliphatic heterocycles. The number of benzene rings is 3. The van der Waals surface area contributed by atoms with Crippen LogP contribution in [-0.4, -0.2) is 34.7 Å². The monoisotopic (exact) mass is 605 g/mol. The maximum absolute atomic E-state index is 13.8. The summed E-state index contributed by atoms with van der Waals surface area (Å²) in [6, 6.07) is 18.0. The molecule has 42 heavy (non-hydrogen) atoms. The third-order valence-electron chi connectivity index (χ3n) is 7.88. The summed E-state index contributed by atoms with van der Waals surface area (Å²) >= 11 is 12.9. The average molecular weight is 607 g/mol. The van der Waals surface area contributed by atoms with Gasteiger partial charge in [-0.25, -0.2) is 4.98 Å². The van der Waals surface area contributed by atoms with Crippen LogP contribution in [0.2, 0.25) is 10.0 Å². The molecule has 1 fully saturated rings. The summed E-state index contributed by atoms with van der Waals surface area (Å²) in [4.78, 5) is 44.9. The first kappa shape index (κ1) is 29.8. The van der Waals surface area contributed by atoms with Gasteiger partial charge in [-0.15, -0.1) is 0 Å². The van der Waals surface area contributed by atoms with Gasteiger partial charge in [-0.05, 0) is 61.1 Å². The van der Waals surface area contributed by atoms with Crippen molar-refractivity contribution in [2.45, 2.75) is 64.0 Å². The minimum atomic E-state index is -0.853. The molecule has 5 rings (SSSR count). The highest BCUT2D eigenvalue weighted by Gasteiger charge is 2.34. The van der Waals surface area contributed by atoms with Crippen LogP contribution in [0.3, 0.4) is 0 Å². The molecule has 2 atom stereocenters. The van der Waals surface area contributed by atoms with Gasteiger partial charge in [0.25, 0.3) is 11.8 Å². The fourth-order valence-electron chi connectivity index (χ4n) is 5.56. The van der Waals surface area contributed by atoms with Crippen molar-refractivity contribution >= 4 is 51.9 Å². The van der Waals surface area contributed by atoms with E-state index in [0.717, 1.165) is 49.7 Å². The maximum atomic E-state index is 13.8. The van der Waals surface area contributed by atoms with Gasteiger partial charge in [-0.1, -0.05) is 92.2 Å². The highest BCUT2D eigenvalue weighted by molar-refractivity contribution is 6.35. The van der Waals surface area contributed by atoms with Crippen LogP contribution in [0.4, 0.5) is 0 Å². The van der Waals surface area contributed by atoms with Crippen LogP contribution in [-0.2, 0) is 4.79 Å². The number of nitrogens with zero attached hydrogens (tertiary/aromatic N) is 1. The number of para-hydroxylation sites is 2. The number of fused-ring (bicyclic) bond motifs is 1. The predicted molar refractivity (Wildman–Crippen MR) is 165 cm³/mol. The summed E-state index contributed by atoms with van der Waals surface area (Å²) in [5.41, 5.74) is 2.92. The zero-order chi connectivity index (χ0) is 29.6. The molecule has 1 saturated carbocycles. The molecule has 0 spiro atoms. The molecule has 1 aliphatic rings.